The molecule has 218 valence electrons. The Morgan fingerprint density at radius 1 is 0.732 bits per heavy atom. The summed E-state index contributed by atoms with van der Waals surface area (Å²) >= 11 is 6.51. The second kappa shape index (κ2) is 11.1. The van der Waals surface area contributed by atoms with Crippen LogP contribution in [0.4, 0.5) is 37.7 Å². The molecule has 0 aliphatic heterocycles. The number of ether oxygens (including phenoxy) is 1. The van der Waals surface area contributed by atoms with Crippen LogP contribution in [0.2, 0.25) is 4.34 Å². The molecule has 4 rings (SSSR count). The van der Waals surface area contributed by atoms with Crippen LogP contribution in [0.25, 0.3) is 11.1 Å². The van der Waals surface area contributed by atoms with Crippen LogP contribution < -0.4 is 14.2 Å². The maximum atomic E-state index is 13.7. The van der Waals surface area contributed by atoms with Gasteiger partial charge in [-0.3, -0.25) is 9.44 Å². The molecular formula is C24H15ClF6N2O5S3. The minimum Gasteiger partial charge on any atom is -0.406 e. The van der Waals surface area contributed by atoms with Crippen LogP contribution in [-0.2, 0) is 26.2 Å². The lowest BCUT2D eigenvalue weighted by atomic mass is 9.98. The van der Waals surface area contributed by atoms with Crippen molar-refractivity contribution in [2.45, 2.75) is 21.6 Å². The molecule has 0 atom stereocenters. The van der Waals surface area contributed by atoms with Gasteiger partial charge < -0.3 is 4.74 Å². The van der Waals surface area contributed by atoms with Crippen molar-refractivity contribution in [1.29, 1.82) is 0 Å². The molecule has 3 aromatic carbocycles. The van der Waals surface area contributed by atoms with E-state index in [9.17, 15) is 43.2 Å². The van der Waals surface area contributed by atoms with E-state index in [1.54, 1.807) is 0 Å². The number of hydrogen-bond donors (Lipinski definition) is 2. The number of sulfonamides is 2. The predicted octanol–water partition coefficient (Wildman–Crippen LogP) is 7.59. The van der Waals surface area contributed by atoms with Crippen LogP contribution in [0, 0.1) is 0 Å². The summed E-state index contributed by atoms with van der Waals surface area (Å²) in [7, 11) is -8.93. The molecule has 0 saturated heterocycles. The van der Waals surface area contributed by atoms with Gasteiger partial charge in [0.05, 0.1) is 26.2 Å². The van der Waals surface area contributed by atoms with Crippen LogP contribution >= 0.6 is 22.9 Å². The molecule has 0 radical (unpaired) electrons. The number of alkyl halides is 6. The largest absolute Gasteiger partial charge is 0.573 e. The van der Waals surface area contributed by atoms with Gasteiger partial charge in [0.2, 0.25) is 0 Å². The van der Waals surface area contributed by atoms with Crippen LogP contribution in [-0.4, -0.2) is 23.2 Å². The Hall–Kier alpha value is -3.47. The van der Waals surface area contributed by atoms with Crippen molar-refractivity contribution in [2.75, 3.05) is 9.44 Å². The third-order valence-electron chi connectivity index (χ3n) is 5.23. The van der Waals surface area contributed by atoms with E-state index in [0.29, 0.717) is 11.3 Å². The second-order valence-electron chi connectivity index (χ2n) is 8.09. The van der Waals surface area contributed by atoms with Gasteiger partial charge >= 0.3 is 12.5 Å². The predicted molar refractivity (Wildman–Crippen MR) is 141 cm³/mol. The third-order valence-corrected chi connectivity index (χ3v) is 9.70. The first-order valence-corrected chi connectivity index (χ1v) is 15.1. The average molecular weight is 657 g/mol. The lowest BCUT2D eigenvalue weighted by Crippen LogP contribution is -2.18. The molecule has 1 aromatic heterocycles. The van der Waals surface area contributed by atoms with E-state index in [0.717, 1.165) is 60.7 Å². The van der Waals surface area contributed by atoms with Crippen LogP contribution in [0.1, 0.15) is 5.56 Å². The molecule has 0 unspecified atom stereocenters. The summed E-state index contributed by atoms with van der Waals surface area (Å²) in [6, 6.07) is 13.2. The second-order valence-corrected chi connectivity index (χ2v) is 13.4. The summed E-state index contributed by atoms with van der Waals surface area (Å²) in [4.78, 5) is -0.549. The van der Waals surface area contributed by atoms with Gasteiger partial charge in [-0.2, -0.15) is 13.2 Å². The Morgan fingerprint density at radius 3 is 1.95 bits per heavy atom. The Balaban J connectivity index is 1.78. The van der Waals surface area contributed by atoms with E-state index in [1.165, 1.54) is 18.2 Å². The van der Waals surface area contributed by atoms with Gasteiger partial charge in [-0.05, 0) is 65.7 Å². The number of nitrogens with one attached hydrogen (secondary N) is 2. The third kappa shape index (κ3) is 7.44. The van der Waals surface area contributed by atoms with Gasteiger partial charge in [-0.15, -0.1) is 24.5 Å². The summed E-state index contributed by atoms with van der Waals surface area (Å²) in [6.07, 6.45) is -9.79. The molecule has 17 heteroatoms. The summed E-state index contributed by atoms with van der Waals surface area (Å²) in [6.45, 7) is 0. The highest BCUT2D eigenvalue weighted by molar-refractivity contribution is 7.94. The molecule has 0 aliphatic rings. The minimum atomic E-state index is -5.02. The van der Waals surface area contributed by atoms with Crippen molar-refractivity contribution in [3.05, 3.63) is 88.8 Å². The number of anilines is 2. The molecule has 0 spiro atoms. The van der Waals surface area contributed by atoms with Crippen molar-refractivity contribution in [3.63, 3.8) is 0 Å². The van der Waals surface area contributed by atoms with Crippen LogP contribution in [0.3, 0.4) is 0 Å². The Bertz CT molecular complexity index is 1790. The number of rotatable bonds is 8. The highest BCUT2D eigenvalue weighted by Gasteiger charge is 2.34. The van der Waals surface area contributed by atoms with Gasteiger partial charge in [-0.25, -0.2) is 16.8 Å². The van der Waals surface area contributed by atoms with Gasteiger partial charge in [0.1, 0.15) is 9.96 Å². The average Bonchev–Trinajstić information content (AvgIpc) is 3.31. The molecule has 7 nitrogen and oxygen atoms in total. The SMILES string of the molecule is O=S(=O)(Nc1cc(-c2ccccc2C(F)(F)F)ccc1NS(=O)(=O)c1ccc(Cl)s1)c1ccc(OC(F)(F)F)cc1. The number of benzene rings is 3. The van der Waals surface area contributed by atoms with Crippen molar-refractivity contribution in [3.8, 4) is 16.9 Å². The fraction of sp³-hybridized carbons (Fsp3) is 0.0833. The molecular weight excluding hydrogens is 642 g/mol. The first-order valence-electron chi connectivity index (χ1n) is 10.9. The molecule has 0 fully saturated rings. The minimum absolute atomic E-state index is 0.119. The first-order chi connectivity index (χ1) is 18.9. The topological polar surface area (TPSA) is 102 Å². The number of hydrogen-bond acceptors (Lipinski definition) is 6. The molecule has 0 saturated carbocycles. The Kier molecular flexibility index (Phi) is 8.23. The summed E-state index contributed by atoms with van der Waals surface area (Å²) in [5, 5.41) is 0. The highest BCUT2D eigenvalue weighted by Crippen LogP contribution is 2.40. The van der Waals surface area contributed by atoms with Gasteiger partial charge in [0.25, 0.3) is 20.0 Å². The molecule has 0 bridgehead atoms. The molecule has 0 aliphatic carbocycles. The zero-order valence-corrected chi connectivity index (χ0v) is 23.1. The Labute approximate surface area is 238 Å². The fourth-order valence-electron chi connectivity index (χ4n) is 3.53. The first kappa shape index (κ1) is 30.5. The highest BCUT2D eigenvalue weighted by atomic mass is 35.5. The monoisotopic (exact) mass is 656 g/mol. The van der Waals surface area contributed by atoms with Gasteiger partial charge in [0, 0.05) is 0 Å². The Morgan fingerprint density at radius 2 is 1.37 bits per heavy atom. The van der Waals surface area contributed by atoms with Crippen molar-refractivity contribution < 1.29 is 47.9 Å². The smallest absolute Gasteiger partial charge is 0.406 e. The van der Waals surface area contributed by atoms with Crippen molar-refractivity contribution >= 4 is 54.4 Å². The normalized spacial score (nSPS) is 12.7. The summed E-state index contributed by atoms with van der Waals surface area (Å²) in [5.74, 6) is -0.703. The zero-order chi connectivity index (χ0) is 30.2. The summed E-state index contributed by atoms with van der Waals surface area (Å²) in [5.41, 5.74) is -2.31. The molecule has 0 amide bonds. The van der Waals surface area contributed by atoms with E-state index in [1.807, 2.05) is 0 Å². The van der Waals surface area contributed by atoms with E-state index in [-0.39, 0.29) is 25.4 Å². The van der Waals surface area contributed by atoms with E-state index in [2.05, 4.69) is 14.2 Å². The molecule has 2 N–H and O–H groups in total. The maximum absolute atomic E-state index is 13.7. The van der Waals surface area contributed by atoms with E-state index >= 15 is 0 Å². The van der Waals surface area contributed by atoms with E-state index < -0.39 is 54.5 Å². The van der Waals surface area contributed by atoms with Gasteiger partial charge in [0.15, 0.2) is 0 Å². The van der Waals surface area contributed by atoms with Crippen molar-refractivity contribution in [2.24, 2.45) is 0 Å². The lowest BCUT2D eigenvalue weighted by molar-refractivity contribution is -0.274. The lowest BCUT2D eigenvalue weighted by Gasteiger charge is -2.18. The van der Waals surface area contributed by atoms with E-state index in [4.69, 9.17) is 11.6 Å². The van der Waals surface area contributed by atoms with Crippen molar-refractivity contribution in [1.82, 2.24) is 0 Å². The molecule has 4 aromatic rings. The number of thiophene rings is 1. The van der Waals surface area contributed by atoms with Gasteiger partial charge in [-0.1, -0.05) is 35.9 Å². The molecule has 41 heavy (non-hydrogen) atoms. The summed E-state index contributed by atoms with van der Waals surface area (Å²) < 4.78 is 138. The maximum Gasteiger partial charge on any atom is 0.573 e. The fourth-order valence-corrected chi connectivity index (χ4v) is 7.16. The quantitative estimate of drug-likeness (QED) is 0.190. The van der Waals surface area contributed by atoms with Crippen LogP contribution in [0.15, 0.2) is 88.0 Å². The standard InChI is InChI=1S/C24H15ClF6N2O5S3/c25-21-11-12-22(39-21)41(36,37)32-19-10-5-14(17-3-1-2-4-18(17)23(26,27)28)13-20(19)33-40(34,35)16-8-6-15(7-9-16)38-24(29,30)31/h1-13,32-33H. The van der Waals surface area contributed by atoms with Crippen LogP contribution in [0.5, 0.6) is 5.75 Å². The number of halogens is 7. The molecule has 1 heterocycles. The zero-order valence-electron chi connectivity index (χ0n) is 19.9.